The summed E-state index contributed by atoms with van der Waals surface area (Å²) in [6.45, 7) is -7.75. The van der Waals surface area contributed by atoms with Crippen molar-refractivity contribution in [1.29, 1.82) is 0 Å². The first-order valence-electron chi connectivity index (χ1n) is 33.0. The Morgan fingerprint density at radius 3 is 2.16 bits per heavy atom. The molecule has 107 heavy (non-hydrogen) atoms. The predicted octanol–water partition coefficient (Wildman–Crippen LogP) is 6.79. The molecular formula is C67H70N10O26P2S2. The SMILES string of the molecule is CC(=O)O[C@@H]1[C@@H](OC(C)=O)[C@H](Oc2ccc(COC(=O)N(C)Cc3ccccc3C(=O)Nc3nc4c(ncn4[C@@H]4O[C@@H]5CO[P@@](=O)(S)O[C@H]6C[C@H](Oc7ccncn7)C[C@@H]6CO[P@@](=O)(S)O[C@@H]4[C@@H]5O)c(=O)[nH]3)cc2NC(=O)CCNC(=O)OCC2c3ccccc3-c3ccccc32)O[C@H](C(=O)O)[C@H]1OC(C)=O. The number of aliphatic carboxylic acids is 1. The lowest BCUT2D eigenvalue weighted by Crippen LogP contribution is -2.64. The number of hydrogen-bond acceptors (Lipinski definition) is 29. The number of anilines is 2. The fourth-order valence-corrected chi connectivity index (χ4v) is 16.0. The maximum absolute atomic E-state index is 14.3. The highest BCUT2D eigenvalue weighted by Crippen LogP contribution is 2.61. The number of imidazole rings is 1. The molecule has 3 saturated heterocycles. The topological polar surface area (TPSA) is 460 Å². The van der Waals surface area contributed by atoms with E-state index in [1.54, 1.807) is 12.1 Å². The number of benzene rings is 4. The minimum Gasteiger partial charge on any atom is -0.479 e. The van der Waals surface area contributed by atoms with E-state index in [-0.39, 0.29) is 96.7 Å². The van der Waals surface area contributed by atoms with Crippen LogP contribution in [0, 0.1) is 5.92 Å². The normalized spacial score (nSPS) is 26.0. The van der Waals surface area contributed by atoms with Crippen molar-refractivity contribution in [3.8, 4) is 22.8 Å². The van der Waals surface area contributed by atoms with Crippen LogP contribution in [0.1, 0.15) is 84.8 Å². The molecule has 4 amide bonds. The zero-order valence-electron chi connectivity index (χ0n) is 57.0. The van der Waals surface area contributed by atoms with E-state index in [4.69, 9.17) is 60.7 Å². The molecule has 2 bridgehead atoms. The second-order valence-corrected chi connectivity index (χ2v) is 30.8. The molecule has 3 aliphatic heterocycles. The molecule has 2 aliphatic carbocycles. The largest absolute Gasteiger partial charge is 0.479 e. The number of hydrogen-bond donors (Lipinski definition) is 8. The number of aromatic amines is 1. The number of carbonyl (C=O) groups is 8. The summed E-state index contributed by atoms with van der Waals surface area (Å²) in [5.41, 5.74) is 2.88. The van der Waals surface area contributed by atoms with Gasteiger partial charge in [-0.1, -0.05) is 97.3 Å². The first kappa shape index (κ1) is 76.8. The van der Waals surface area contributed by atoms with Gasteiger partial charge in [-0.05, 0) is 58.0 Å². The van der Waals surface area contributed by atoms with Crippen LogP contribution in [-0.2, 0) is 97.5 Å². The Morgan fingerprint density at radius 2 is 1.45 bits per heavy atom. The average Bonchev–Trinajstić information content (AvgIpc) is 1.67. The number of H-pyrrole nitrogens is 1. The number of esters is 3. The molecule has 14 atom stereocenters. The fraction of sp³-hybridized carbons (Fsp3) is 0.388. The van der Waals surface area contributed by atoms with Crippen molar-refractivity contribution in [2.24, 2.45) is 5.92 Å². The van der Waals surface area contributed by atoms with Gasteiger partial charge in [-0.3, -0.25) is 57.2 Å². The molecule has 0 spiro atoms. The summed E-state index contributed by atoms with van der Waals surface area (Å²) in [5.74, 6) is -7.58. The second kappa shape index (κ2) is 33.1. The van der Waals surface area contributed by atoms with Gasteiger partial charge in [-0.15, -0.1) is 0 Å². The molecule has 6 heterocycles. The third kappa shape index (κ3) is 18.4. The van der Waals surface area contributed by atoms with Gasteiger partial charge in [0.1, 0.15) is 49.7 Å². The minimum atomic E-state index is -4.44. The highest BCUT2D eigenvalue weighted by molar-refractivity contribution is 8.44. The molecule has 7 aromatic rings. The number of rotatable bonds is 21. The van der Waals surface area contributed by atoms with E-state index in [0.717, 1.165) is 58.8 Å². The van der Waals surface area contributed by atoms with Crippen molar-refractivity contribution < 1.29 is 118 Å². The van der Waals surface area contributed by atoms with E-state index in [1.807, 2.05) is 48.5 Å². The number of ether oxygens (including phenoxy) is 9. The Morgan fingerprint density at radius 1 is 0.766 bits per heavy atom. The van der Waals surface area contributed by atoms with Gasteiger partial charge in [-0.2, -0.15) is 4.98 Å². The summed E-state index contributed by atoms with van der Waals surface area (Å²) in [4.78, 5) is 139. The van der Waals surface area contributed by atoms with Crippen LogP contribution < -0.4 is 31.0 Å². The van der Waals surface area contributed by atoms with Crippen molar-refractivity contribution in [3.63, 3.8) is 0 Å². The van der Waals surface area contributed by atoms with Crippen LogP contribution in [0.25, 0.3) is 22.3 Å². The first-order chi connectivity index (χ1) is 51.1. The van der Waals surface area contributed by atoms with Gasteiger partial charge in [0, 0.05) is 83.4 Å². The third-order valence-electron chi connectivity index (χ3n) is 17.6. The minimum absolute atomic E-state index is 0.0103. The van der Waals surface area contributed by atoms with Gasteiger partial charge in [-0.25, -0.2) is 38.5 Å². The van der Waals surface area contributed by atoms with Crippen molar-refractivity contribution in [2.75, 3.05) is 44.0 Å². The Balaban J connectivity index is 0.721. The lowest BCUT2D eigenvalue weighted by Gasteiger charge is -2.42. The van der Waals surface area contributed by atoms with Crippen LogP contribution in [-0.4, -0.2) is 187 Å². The lowest BCUT2D eigenvalue weighted by atomic mass is 9.97. The highest BCUT2D eigenvalue weighted by atomic mass is 32.7. The quantitative estimate of drug-likeness (QED) is 0.0159. The number of alkyl carbamates (subject to hydrolysis) is 1. The molecule has 36 nitrogen and oxygen atoms in total. The average molecular weight is 1560 g/mol. The van der Waals surface area contributed by atoms with Crippen LogP contribution in [0.2, 0.25) is 0 Å². The second-order valence-electron chi connectivity index (χ2n) is 25.1. The number of thiol groups is 2. The van der Waals surface area contributed by atoms with E-state index in [1.165, 1.54) is 56.0 Å². The molecular weight excluding hydrogens is 1490 g/mol. The smallest absolute Gasteiger partial charge is 0.410 e. The number of carbonyl (C=O) groups excluding carboxylic acids is 7. The molecule has 0 unspecified atom stereocenters. The lowest BCUT2D eigenvalue weighted by molar-refractivity contribution is -0.281. The van der Waals surface area contributed by atoms with E-state index in [0.29, 0.717) is 0 Å². The summed E-state index contributed by atoms with van der Waals surface area (Å²) < 4.78 is 104. The van der Waals surface area contributed by atoms with Gasteiger partial charge in [0.15, 0.2) is 35.7 Å². The predicted molar refractivity (Wildman–Crippen MR) is 374 cm³/mol. The van der Waals surface area contributed by atoms with Gasteiger partial charge >= 0.3 is 49.7 Å². The monoisotopic (exact) mass is 1560 g/mol. The number of nitrogens with zero attached hydrogens (tertiary/aromatic N) is 6. The van der Waals surface area contributed by atoms with Gasteiger partial charge in [0.25, 0.3) is 11.5 Å². The molecule has 3 aromatic heterocycles. The van der Waals surface area contributed by atoms with Gasteiger partial charge < -0.3 is 72.9 Å². The maximum atomic E-state index is 14.3. The standard InChI is InChI=1S/C67H70N10O26P2S2/c1-33(78)95-55-56(96-34(2)79)58(97-35(3)80)64(101-57(55)63(85)86)100-47-18-17-36(23-46(47)72-50(81)19-22-69-66(87)91-29-45-43-15-9-7-13-41(43)42-14-8-10-16-44(42)45)27-92-67(88)76(4)26-37-11-5-6-12-40(37)60(83)74-65-73-59-52(61(84)75-65)71-32-77(59)62-54-53(82)49(99-62)30-94-104(89,106)102-48-25-39(98-51-20-21-68-31-70-51)24-38(48)28-93-105(90,107)103-54/h5-18,20-21,23,31-32,38-39,45,48-49,53-58,62,64,82H,19,22,24-30H2,1-4H3,(H,69,87)(H,72,81)(H,85,86)(H,89,106)(H,90,107)(H2,73,74,75,83,84)/t38-,39-,48+,49-,53-,54-,55+,56+,57+,58-,62-,64-,104-,105-/m1/s1. The third-order valence-corrected chi connectivity index (χ3v) is 20.8. The number of aliphatic hydroxyl groups excluding tert-OH is 1. The Labute approximate surface area is 617 Å². The van der Waals surface area contributed by atoms with Crippen molar-refractivity contribution in [3.05, 3.63) is 154 Å². The Hall–Kier alpha value is -9.85. The number of amides is 4. The number of fused-ring (bicyclic) bond motifs is 7. The Bertz CT molecular complexity index is 4670. The number of carboxylic acids is 1. The van der Waals surface area contributed by atoms with Gasteiger partial charge in [0.2, 0.25) is 30.1 Å². The summed E-state index contributed by atoms with van der Waals surface area (Å²) in [5, 5.41) is 29.7. The zero-order chi connectivity index (χ0) is 76.0. The van der Waals surface area contributed by atoms with Crippen LogP contribution in [0.3, 0.4) is 0 Å². The summed E-state index contributed by atoms with van der Waals surface area (Å²) in [6, 6.07) is 27.1. The molecule has 6 N–H and O–H groups in total. The zero-order valence-corrected chi connectivity index (χ0v) is 60.6. The maximum Gasteiger partial charge on any atom is 0.410 e. The molecule has 1 saturated carbocycles. The summed E-state index contributed by atoms with van der Waals surface area (Å²) >= 11 is 8.44. The van der Waals surface area contributed by atoms with Crippen LogP contribution in [0.15, 0.2) is 121 Å². The first-order valence-corrected chi connectivity index (χ1v) is 38.4. The highest BCUT2D eigenvalue weighted by Gasteiger charge is 2.56. The molecule has 4 fully saturated rings. The number of aliphatic hydroxyl groups is 1. The fourth-order valence-electron chi connectivity index (χ4n) is 12.9. The van der Waals surface area contributed by atoms with Crippen molar-refractivity contribution in [2.45, 2.75) is 127 Å². The molecule has 566 valence electrons. The van der Waals surface area contributed by atoms with Crippen molar-refractivity contribution in [1.82, 2.24) is 39.7 Å². The Kier molecular flexibility index (Phi) is 23.8. The van der Waals surface area contributed by atoms with Crippen LogP contribution >= 0.6 is 38.1 Å². The van der Waals surface area contributed by atoms with Crippen LogP contribution in [0.4, 0.5) is 21.2 Å². The number of aromatic nitrogens is 6. The van der Waals surface area contributed by atoms with E-state index < -0.39 is 160 Å². The van der Waals surface area contributed by atoms with E-state index in [9.17, 15) is 62.5 Å². The van der Waals surface area contributed by atoms with Crippen molar-refractivity contribution >= 4 is 109 Å². The van der Waals surface area contributed by atoms with Gasteiger partial charge in [0.05, 0.1) is 31.3 Å². The summed E-state index contributed by atoms with van der Waals surface area (Å²) in [6.07, 6.45) is -15.0. The number of carboxylic acid groups (broad SMARTS) is 1. The molecule has 40 heteroatoms. The molecule has 4 aromatic carbocycles. The molecule has 0 radical (unpaired) electrons. The summed E-state index contributed by atoms with van der Waals surface area (Å²) in [7, 11) is 1.36. The molecule has 5 aliphatic rings. The number of nitrogens with one attached hydrogen (secondary N) is 4. The van der Waals surface area contributed by atoms with E-state index >= 15 is 0 Å². The van der Waals surface area contributed by atoms with E-state index in [2.05, 4.69) is 65.4 Å². The molecule has 12 rings (SSSR count). The van der Waals surface area contributed by atoms with Crippen LogP contribution in [0.5, 0.6) is 11.6 Å².